The number of fused-ring (bicyclic) bond motifs is 2. The van der Waals surface area contributed by atoms with E-state index in [4.69, 9.17) is 0 Å². The van der Waals surface area contributed by atoms with Gasteiger partial charge in [0.2, 0.25) is 0 Å². The van der Waals surface area contributed by atoms with Gasteiger partial charge in [-0.25, -0.2) is 0 Å². The molecule has 3 rings (SSSR count). The first-order valence-electron chi connectivity index (χ1n) is 11.2. The van der Waals surface area contributed by atoms with Crippen LogP contribution in [0.5, 0.6) is 0 Å². The Balaban J connectivity index is 0.00000156. The molecule has 0 amide bonds. The molecule has 3 heteroatoms. The smallest absolute Gasteiger partial charge is 0 e. The van der Waals surface area contributed by atoms with Gasteiger partial charge in [0.1, 0.15) is 0 Å². The van der Waals surface area contributed by atoms with Gasteiger partial charge in [0, 0.05) is 20.1 Å². The number of benzene rings is 3. The van der Waals surface area contributed by atoms with Gasteiger partial charge in [-0.2, -0.15) is 0 Å². The van der Waals surface area contributed by atoms with E-state index in [1.165, 1.54) is 32.2 Å². The zero-order valence-electron chi connectivity index (χ0n) is 20.5. The van der Waals surface area contributed by atoms with E-state index in [0.717, 1.165) is 0 Å². The van der Waals surface area contributed by atoms with Gasteiger partial charge in [0.25, 0.3) is 0 Å². The minimum atomic E-state index is -0.205. The predicted octanol–water partition coefficient (Wildman–Crippen LogP) is 8.44. The molecule has 0 aliphatic rings. The molecule has 0 atom stereocenters. The molecule has 0 heterocycles. The van der Waals surface area contributed by atoms with Crippen molar-refractivity contribution in [3.63, 3.8) is 0 Å². The first-order valence-corrected chi connectivity index (χ1v) is 14.1. The Morgan fingerprint density at radius 1 is 0.613 bits per heavy atom. The topological polar surface area (TPSA) is 0 Å². The van der Waals surface area contributed by atoms with Crippen LogP contribution in [0.3, 0.4) is 0 Å². The summed E-state index contributed by atoms with van der Waals surface area (Å²) in [6.45, 7) is 25.1. The maximum atomic E-state index is 3.96. The molecular formula is C28H39IrP2-. The van der Waals surface area contributed by atoms with Crippen LogP contribution in [0.1, 0.15) is 55.4 Å². The maximum Gasteiger partial charge on any atom is 0 e. The summed E-state index contributed by atoms with van der Waals surface area (Å²) in [6.07, 6.45) is 0. The van der Waals surface area contributed by atoms with Crippen molar-refractivity contribution in [3.05, 3.63) is 61.7 Å². The molecule has 0 aliphatic heterocycles. The van der Waals surface area contributed by atoms with Crippen molar-refractivity contribution in [1.82, 2.24) is 0 Å². The van der Waals surface area contributed by atoms with Crippen LogP contribution in [0, 0.1) is 6.07 Å². The average Bonchev–Trinajstić information content (AvgIpc) is 2.67. The van der Waals surface area contributed by atoms with E-state index in [1.807, 2.05) is 0 Å². The quantitative estimate of drug-likeness (QED) is 0.111. The van der Waals surface area contributed by atoms with Gasteiger partial charge >= 0.3 is 0 Å². The Kier molecular flexibility index (Phi) is 11.6. The Hall–Kier alpha value is -0.571. The molecule has 171 valence electrons. The van der Waals surface area contributed by atoms with E-state index < -0.39 is 0 Å². The molecule has 0 nitrogen and oxygen atoms in total. The largest absolute Gasteiger partial charge is 0.115 e. The minimum absolute atomic E-state index is 0. The van der Waals surface area contributed by atoms with Crippen molar-refractivity contribution in [3.8, 4) is 0 Å². The molecule has 0 unspecified atom stereocenters. The van der Waals surface area contributed by atoms with E-state index >= 15 is 0 Å². The van der Waals surface area contributed by atoms with Gasteiger partial charge in [0.15, 0.2) is 0 Å². The van der Waals surface area contributed by atoms with Crippen LogP contribution < -0.4 is 10.6 Å². The summed E-state index contributed by atoms with van der Waals surface area (Å²) >= 11 is 0. The Morgan fingerprint density at radius 2 is 0.935 bits per heavy atom. The second-order valence-electron chi connectivity index (χ2n) is 8.94. The molecule has 0 aliphatic carbocycles. The molecule has 0 aromatic heterocycles. The summed E-state index contributed by atoms with van der Waals surface area (Å²) in [5.41, 5.74) is 2.73. The van der Waals surface area contributed by atoms with Crippen LogP contribution in [-0.4, -0.2) is 22.6 Å². The van der Waals surface area contributed by atoms with Gasteiger partial charge in [-0.3, -0.25) is 0 Å². The second kappa shape index (κ2) is 12.6. The van der Waals surface area contributed by atoms with E-state index in [9.17, 15) is 0 Å². The maximum absolute atomic E-state index is 3.96. The summed E-state index contributed by atoms with van der Waals surface area (Å²) in [5, 5.41) is 8.47. The zero-order chi connectivity index (χ0) is 22.6. The molecule has 3 aromatic rings. The normalized spacial score (nSPS) is 11.7. The SMILES string of the molecule is C=C.CC(C)P(c1cccc2cc3cccc(P(C(C)C)C(C)C)c3[c-]c12)C(C)C.[Ir]. The Labute approximate surface area is 207 Å². The fourth-order valence-corrected chi connectivity index (χ4v) is 10.7. The van der Waals surface area contributed by atoms with E-state index in [1.54, 1.807) is 0 Å². The van der Waals surface area contributed by atoms with Crippen LogP contribution >= 0.6 is 15.8 Å². The molecule has 0 saturated carbocycles. The van der Waals surface area contributed by atoms with Crippen LogP contribution in [0.2, 0.25) is 0 Å². The third-order valence-electron chi connectivity index (χ3n) is 5.49. The Morgan fingerprint density at radius 3 is 1.23 bits per heavy atom. The van der Waals surface area contributed by atoms with Crippen molar-refractivity contribution >= 4 is 48.0 Å². The fraction of sp³-hybridized carbons (Fsp3) is 0.429. The van der Waals surface area contributed by atoms with E-state index in [-0.39, 0.29) is 35.9 Å². The van der Waals surface area contributed by atoms with Crippen molar-refractivity contribution in [2.75, 3.05) is 0 Å². The molecule has 1 radical (unpaired) electrons. The first-order chi connectivity index (χ1) is 14.2. The van der Waals surface area contributed by atoms with Crippen molar-refractivity contribution in [2.45, 2.75) is 78.0 Å². The summed E-state index contributed by atoms with van der Waals surface area (Å²) in [6, 6.07) is 20.1. The molecule has 0 N–H and O–H groups in total. The molecule has 0 spiro atoms. The molecule has 0 saturated heterocycles. The van der Waals surface area contributed by atoms with Crippen molar-refractivity contribution in [1.29, 1.82) is 0 Å². The third-order valence-corrected chi connectivity index (χ3v) is 11.8. The average molecular weight is 630 g/mol. The van der Waals surface area contributed by atoms with Gasteiger partial charge < -0.3 is 0 Å². The monoisotopic (exact) mass is 630 g/mol. The van der Waals surface area contributed by atoms with E-state index in [2.05, 4.69) is 117 Å². The predicted molar refractivity (Wildman–Crippen MR) is 145 cm³/mol. The molecule has 0 fully saturated rings. The van der Waals surface area contributed by atoms with Gasteiger partial charge in [-0.05, 0) is 22.6 Å². The zero-order valence-corrected chi connectivity index (χ0v) is 24.7. The standard InChI is InChI=1S/C26H35P2.C2H4.Ir/c1-17(2)27(18(3)4)25-13-9-11-21-15-22-12-10-14-26(24(22)16-23(21)25)28(19(5)6)20(7)8;1-2;/h9-15,17-20H,1-8H3;1-2H2;/q-1;;. The molecular weight excluding hydrogens is 590 g/mol. The summed E-state index contributed by atoms with van der Waals surface area (Å²) in [4.78, 5) is 0. The van der Waals surface area contributed by atoms with Crippen LogP contribution in [0.25, 0.3) is 21.5 Å². The second-order valence-corrected chi connectivity index (χ2v) is 15.7. The molecule has 3 aromatic carbocycles. The minimum Gasteiger partial charge on any atom is -0.115 e. The third kappa shape index (κ3) is 6.27. The molecule has 31 heavy (non-hydrogen) atoms. The van der Waals surface area contributed by atoms with Crippen LogP contribution in [0.15, 0.2) is 55.6 Å². The number of hydrogen-bond donors (Lipinski definition) is 0. The van der Waals surface area contributed by atoms with Crippen LogP contribution in [0.4, 0.5) is 0 Å². The van der Waals surface area contributed by atoms with Gasteiger partial charge in [0.05, 0.1) is 0 Å². The molecule has 0 bridgehead atoms. The summed E-state index contributed by atoms with van der Waals surface area (Å²) < 4.78 is 0. The Bertz CT molecular complexity index is 884. The van der Waals surface area contributed by atoms with Gasteiger partial charge in [-0.1, -0.05) is 113 Å². The number of hydrogen-bond acceptors (Lipinski definition) is 0. The fourth-order valence-electron chi connectivity index (χ4n) is 4.66. The van der Waals surface area contributed by atoms with Gasteiger partial charge in [-0.15, -0.1) is 51.9 Å². The number of rotatable bonds is 6. The van der Waals surface area contributed by atoms with Crippen LogP contribution in [-0.2, 0) is 20.1 Å². The summed E-state index contributed by atoms with van der Waals surface area (Å²) in [7, 11) is -0.410. The first kappa shape index (κ1) is 28.5. The van der Waals surface area contributed by atoms with Crippen molar-refractivity contribution in [2.24, 2.45) is 0 Å². The summed E-state index contributed by atoms with van der Waals surface area (Å²) in [5.74, 6) is 0. The van der Waals surface area contributed by atoms with E-state index in [0.29, 0.717) is 22.6 Å². The van der Waals surface area contributed by atoms with Crippen molar-refractivity contribution < 1.29 is 20.1 Å².